The second-order valence-electron chi connectivity index (χ2n) is 6.74. The summed E-state index contributed by atoms with van der Waals surface area (Å²) < 4.78 is 26.6. The molecule has 2 heterocycles. The van der Waals surface area contributed by atoms with Crippen LogP contribution in [-0.2, 0) is 34.5 Å². The summed E-state index contributed by atoms with van der Waals surface area (Å²) in [6.07, 6.45) is 1.63. The molecule has 0 aliphatic carbocycles. The van der Waals surface area contributed by atoms with Crippen LogP contribution in [0.25, 0.3) is 0 Å². The van der Waals surface area contributed by atoms with Gasteiger partial charge >= 0.3 is 0 Å². The van der Waals surface area contributed by atoms with Crippen molar-refractivity contribution in [3.8, 4) is 0 Å². The van der Waals surface area contributed by atoms with Crippen LogP contribution in [0.5, 0.6) is 0 Å². The molecule has 1 amide bonds. The highest BCUT2D eigenvalue weighted by Crippen LogP contribution is 2.19. The van der Waals surface area contributed by atoms with E-state index in [1.54, 1.807) is 0 Å². The average molecular weight is 376 g/mol. The number of hydrogen-bond acceptors (Lipinski definition) is 4. The molecule has 0 fully saturated rings. The molecule has 3 rings (SSSR count). The number of nitrogens with one attached hydrogen (secondary N) is 1. The van der Waals surface area contributed by atoms with Gasteiger partial charge in [-0.1, -0.05) is 37.3 Å². The van der Waals surface area contributed by atoms with Crippen molar-refractivity contribution in [2.24, 2.45) is 0 Å². The Morgan fingerprint density at radius 3 is 2.69 bits per heavy atom. The third kappa shape index (κ3) is 4.50. The molecule has 0 bridgehead atoms. The van der Waals surface area contributed by atoms with E-state index in [0.29, 0.717) is 32.6 Å². The highest BCUT2D eigenvalue weighted by atomic mass is 32.2. The van der Waals surface area contributed by atoms with Crippen LogP contribution in [0.3, 0.4) is 0 Å². The fraction of sp³-hybridized carbons (Fsp3) is 0.444. The monoisotopic (exact) mass is 376 g/mol. The fourth-order valence-electron chi connectivity index (χ4n) is 3.11. The van der Waals surface area contributed by atoms with Crippen LogP contribution < -0.4 is 5.32 Å². The van der Waals surface area contributed by atoms with E-state index >= 15 is 0 Å². The highest BCUT2D eigenvalue weighted by Gasteiger charge is 2.24. The molecule has 0 unspecified atom stereocenters. The van der Waals surface area contributed by atoms with Crippen LogP contribution in [0.2, 0.25) is 0 Å². The number of carbonyl (C=O) groups is 1. The molecule has 2 aromatic rings. The molecule has 8 heteroatoms. The zero-order valence-electron chi connectivity index (χ0n) is 15.1. The van der Waals surface area contributed by atoms with Crippen molar-refractivity contribution in [2.75, 3.05) is 12.8 Å². The van der Waals surface area contributed by atoms with E-state index in [-0.39, 0.29) is 11.8 Å². The maximum Gasteiger partial charge on any atom is 0.220 e. The van der Waals surface area contributed by atoms with Gasteiger partial charge in [0.05, 0.1) is 37.3 Å². The molecule has 1 atom stereocenters. The molecule has 1 aliphatic heterocycles. The summed E-state index contributed by atoms with van der Waals surface area (Å²) in [5, 5.41) is 7.36. The van der Waals surface area contributed by atoms with Gasteiger partial charge in [0.15, 0.2) is 0 Å². The summed E-state index contributed by atoms with van der Waals surface area (Å²) >= 11 is 0. The van der Waals surface area contributed by atoms with Crippen LogP contribution in [0.4, 0.5) is 0 Å². The van der Waals surface area contributed by atoms with Crippen molar-refractivity contribution in [1.82, 2.24) is 19.4 Å². The molecule has 0 radical (unpaired) electrons. The smallest absolute Gasteiger partial charge is 0.220 e. The lowest BCUT2D eigenvalue weighted by Crippen LogP contribution is -2.37. The average Bonchev–Trinajstić information content (AvgIpc) is 3.02. The highest BCUT2D eigenvalue weighted by molar-refractivity contribution is 7.88. The van der Waals surface area contributed by atoms with Gasteiger partial charge in [-0.05, 0) is 17.5 Å². The Morgan fingerprint density at radius 1 is 1.27 bits per heavy atom. The maximum atomic E-state index is 12.2. The van der Waals surface area contributed by atoms with Crippen LogP contribution in [0, 0.1) is 0 Å². The Bertz CT molecular complexity index is 877. The first-order valence-electron chi connectivity index (χ1n) is 8.65. The largest absolute Gasteiger partial charge is 0.350 e. The maximum absolute atomic E-state index is 12.2. The van der Waals surface area contributed by atoms with Crippen LogP contribution >= 0.6 is 0 Å². The Kier molecular flexibility index (Phi) is 5.43. The van der Waals surface area contributed by atoms with Crippen molar-refractivity contribution < 1.29 is 13.2 Å². The standard InChI is InChI=1S/C18H24N4O3S/c1-14(15-6-4-3-5-7-15)10-18(23)19-12-16-11-17-13-21(26(2,24)25)8-9-22(17)20-16/h3-7,11,14H,8-10,12-13H2,1-2H3,(H,19,23)/t14-/m1/s1. The topological polar surface area (TPSA) is 84.3 Å². The van der Waals surface area contributed by atoms with Gasteiger partial charge in [0.2, 0.25) is 15.9 Å². The Labute approximate surface area is 154 Å². The van der Waals surface area contributed by atoms with E-state index in [0.717, 1.165) is 17.0 Å². The number of rotatable bonds is 6. The number of fused-ring (bicyclic) bond motifs is 1. The third-order valence-corrected chi connectivity index (χ3v) is 5.86. The Balaban J connectivity index is 1.54. The lowest BCUT2D eigenvalue weighted by atomic mass is 9.97. The molecule has 1 aromatic heterocycles. The van der Waals surface area contributed by atoms with E-state index in [2.05, 4.69) is 10.4 Å². The summed E-state index contributed by atoms with van der Waals surface area (Å²) in [5.74, 6) is 0.125. The number of amides is 1. The molecule has 0 saturated heterocycles. The molecular weight excluding hydrogens is 352 g/mol. The molecule has 0 saturated carbocycles. The zero-order chi connectivity index (χ0) is 18.7. The normalized spacial score (nSPS) is 16.1. The van der Waals surface area contributed by atoms with Crippen molar-refractivity contribution >= 4 is 15.9 Å². The van der Waals surface area contributed by atoms with Crippen molar-refractivity contribution in [1.29, 1.82) is 0 Å². The number of sulfonamides is 1. The van der Waals surface area contributed by atoms with E-state index in [1.807, 2.05) is 48.0 Å². The van der Waals surface area contributed by atoms with E-state index in [1.165, 1.54) is 10.6 Å². The Morgan fingerprint density at radius 2 is 2.00 bits per heavy atom. The van der Waals surface area contributed by atoms with Gasteiger partial charge in [0.25, 0.3) is 0 Å². The van der Waals surface area contributed by atoms with Gasteiger partial charge in [-0.2, -0.15) is 9.40 Å². The molecule has 0 spiro atoms. The first-order chi connectivity index (χ1) is 12.3. The zero-order valence-corrected chi connectivity index (χ0v) is 15.9. The number of aromatic nitrogens is 2. The lowest BCUT2D eigenvalue weighted by molar-refractivity contribution is -0.121. The number of nitrogens with zero attached hydrogens (tertiary/aromatic N) is 3. The molecule has 7 nitrogen and oxygen atoms in total. The minimum absolute atomic E-state index is 0.0231. The minimum Gasteiger partial charge on any atom is -0.350 e. The van der Waals surface area contributed by atoms with Crippen LogP contribution in [0.15, 0.2) is 36.4 Å². The van der Waals surface area contributed by atoms with Crippen LogP contribution in [0.1, 0.15) is 36.2 Å². The van der Waals surface area contributed by atoms with Gasteiger partial charge < -0.3 is 5.32 Å². The minimum atomic E-state index is -3.20. The molecule has 1 aromatic carbocycles. The molecule has 26 heavy (non-hydrogen) atoms. The van der Waals surface area contributed by atoms with Crippen molar-refractivity contribution in [2.45, 2.75) is 38.9 Å². The van der Waals surface area contributed by atoms with Crippen LogP contribution in [-0.4, -0.2) is 41.2 Å². The molecular formula is C18H24N4O3S. The predicted octanol–water partition coefficient (Wildman–Crippen LogP) is 1.47. The molecule has 1 aliphatic rings. The summed E-state index contributed by atoms with van der Waals surface area (Å²) in [6, 6.07) is 11.8. The fourth-order valence-corrected chi connectivity index (χ4v) is 3.89. The quantitative estimate of drug-likeness (QED) is 0.827. The number of carbonyl (C=O) groups excluding carboxylic acids is 1. The predicted molar refractivity (Wildman–Crippen MR) is 98.8 cm³/mol. The third-order valence-electron chi connectivity index (χ3n) is 4.61. The molecule has 140 valence electrons. The van der Waals surface area contributed by atoms with E-state index in [9.17, 15) is 13.2 Å². The SMILES string of the molecule is C[C@H](CC(=O)NCc1cc2n(n1)CCN(S(C)(=O)=O)C2)c1ccccc1. The second-order valence-corrected chi connectivity index (χ2v) is 8.72. The van der Waals surface area contributed by atoms with Gasteiger partial charge in [-0.3, -0.25) is 9.48 Å². The first-order valence-corrected chi connectivity index (χ1v) is 10.5. The summed E-state index contributed by atoms with van der Waals surface area (Å²) in [4.78, 5) is 12.2. The number of benzene rings is 1. The lowest BCUT2D eigenvalue weighted by Gasteiger charge is -2.25. The van der Waals surface area contributed by atoms with E-state index in [4.69, 9.17) is 0 Å². The Hall–Kier alpha value is -2.19. The van der Waals surface area contributed by atoms with Crippen molar-refractivity contribution in [3.63, 3.8) is 0 Å². The molecule has 1 N–H and O–H groups in total. The first kappa shape index (κ1) is 18.6. The van der Waals surface area contributed by atoms with Gasteiger partial charge in [0, 0.05) is 13.0 Å². The summed E-state index contributed by atoms with van der Waals surface area (Å²) in [6.45, 7) is 3.66. The van der Waals surface area contributed by atoms with Gasteiger partial charge in [0.1, 0.15) is 0 Å². The number of hydrogen-bond donors (Lipinski definition) is 1. The van der Waals surface area contributed by atoms with Gasteiger partial charge in [-0.15, -0.1) is 0 Å². The summed E-state index contributed by atoms with van der Waals surface area (Å²) in [5.41, 5.74) is 2.74. The second kappa shape index (κ2) is 7.59. The van der Waals surface area contributed by atoms with E-state index < -0.39 is 10.0 Å². The van der Waals surface area contributed by atoms with Gasteiger partial charge in [-0.25, -0.2) is 8.42 Å². The van der Waals surface area contributed by atoms with Crippen molar-refractivity contribution in [3.05, 3.63) is 53.3 Å². The summed E-state index contributed by atoms with van der Waals surface area (Å²) in [7, 11) is -3.20.